The van der Waals surface area contributed by atoms with E-state index in [2.05, 4.69) is 9.72 Å². The molecule has 144 valence electrons. The fraction of sp³-hybridized carbons (Fsp3) is 0.100. The highest BCUT2D eigenvalue weighted by atomic mass is 16.5. The number of carbonyl (C=O) groups excluding carboxylic acids is 1. The van der Waals surface area contributed by atoms with Gasteiger partial charge in [-0.2, -0.15) is 10.5 Å². The van der Waals surface area contributed by atoms with E-state index in [1.165, 1.54) is 13.2 Å². The van der Waals surface area contributed by atoms with Crippen molar-refractivity contribution in [2.75, 3.05) is 12.8 Å². The zero-order valence-corrected chi connectivity index (χ0v) is 15.2. The molecule has 0 amide bonds. The first-order chi connectivity index (χ1) is 14.0. The second-order valence-corrected chi connectivity index (χ2v) is 5.76. The Morgan fingerprint density at radius 2 is 1.90 bits per heavy atom. The van der Waals surface area contributed by atoms with E-state index in [1.54, 1.807) is 30.3 Å². The molecule has 0 saturated carbocycles. The van der Waals surface area contributed by atoms with Crippen molar-refractivity contribution in [1.82, 2.24) is 4.98 Å². The molecule has 0 aliphatic rings. The van der Waals surface area contributed by atoms with Crippen molar-refractivity contribution < 1.29 is 18.7 Å². The summed E-state index contributed by atoms with van der Waals surface area (Å²) in [5, 5.41) is 18.9. The Morgan fingerprint density at radius 1 is 1.17 bits per heavy atom. The summed E-state index contributed by atoms with van der Waals surface area (Å²) >= 11 is 0. The van der Waals surface area contributed by atoms with Crippen LogP contribution in [0.5, 0.6) is 5.75 Å². The number of hydrogen-bond acceptors (Lipinski definition) is 8. The first-order valence-electron chi connectivity index (χ1n) is 8.25. The molecule has 2 heterocycles. The van der Waals surface area contributed by atoms with Crippen LogP contribution in [0.25, 0.3) is 11.1 Å². The van der Waals surface area contributed by atoms with Gasteiger partial charge in [-0.1, -0.05) is 18.2 Å². The highest BCUT2D eigenvalue weighted by Crippen LogP contribution is 2.35. The molecule has 3 aromatic rings. The highest BCUT2D eigenvalue weighted by molar-refractivity contribution is 5.86. The lowest BCUT2D eigenvalue weighted by Gasteiger charge is -2.13. The molecule has 1 aromatic carbocycles. The number of H-pyrrole nitrogens is 1. The molecule has 0 saturated heterocycles. The van der Waals surface area contributed by atoms with E-state index in [0.717, 1.165) is 0 Å². The number of aromatic amines is 1. The number of hydrogen-bond donors (Lipinski definition) is 2. The quantitative estimate of drug-likeness (QED) is 0.629. The van der Waals surface area contributed by atoms with Crippen molar-refractivity contribution in [2.45, 2.75) is 6.61 Å². The van der Waals surface area contributed by atoms with E-state index >= 15 is 0 Å². The van der Waals surface area contributed by atoms with Gasteiger partial charge in [-0.25, -0.2) is 4.79 Å². The number of pyridine rings is 1. The van der Waals surface area contributed by atoms with E-state index < -0.39 is 11.5 Å². The topological polar surface area (TPSA) is 155 Å². The fourth-order valence-corrected chi connectivity index (χ4v) is 2.73. The minimum atomic E-state index is -0.706. The average molecular weight is 390 g/mol. The van der Waals surface area contributed by atoms with E-state index in [1.807, 2.05) is 12.1 Å². The smallest absolute Gasteiger partial charge is 0.373 e. The number of para-hydroxylation sites is 1. The summed E-state index contributed by atoms with van der Waals surface area (Å²) in [5.41, 5.74) is 5.20. The van der Waals surface area contributed by atoms with Gasteiger partial charge in [-0.3, -0.25) is 4.79 Å². The Bertz CT molecular complexity index is 1230. The van der Waals surface area contributed by atoms with Crippen LogP contribution in [-0.2, 0) is 11.3 Å². The monoisotopic (exact) mass is 390 g/mol. The van der Waals surface area contributed by atoms with Crippen LogP contribution in [0.1, 0.15) is 27.4 Å². The number of ether oxygens (including phenoxy) is 2. The Morgan fingerprint density at radius 3 is 2.59 bits per heavy atom. The Hall–Kier alpha value is -4.50. The molecule has 3 N–H and O–H groups in total. The third-order valence-corrected chi connectivity index (χ3v) is 4.04. The average Bonchev–Trinajstić information content (AvgIpc) is 3.20. The zero-order chi connectivity index (χ0) is 21.0. The van der Waals surface area contributed by atoms with E-state index in [9.17, 15) is 20.1 Å². The van der Waals surface area contributed by atoms with Crippen LogP contribution in [0.2, 0.25) is 0 Å². The summed E-state index contributed by atoms with van der Waals surface area (Å²) in [6.45, 7) is -0.0452. The van der Waals surface area contributed by atoms with Crippen LogP contribution in [0, 0.1) is 22.7 Å². The Kier molecular flexibility index (Phi) is 5.33. The number of nitrogens with two attached hydrogens (primary N) is 1. The third kappa shape index (κ3) is 3.66. The molecule has 0 spiro atoms. The molecule has 0 aliphatic heterocycles. The molecule has 0 aliphatic carbocycles. The maximum absolute atomic E-state index is 12.2. The lowest BCUT2D eigenvalue weighted by molar-refractivity contribution is 0.0561. The highest BCUT2D eigenvalue weighted by Gasteiger charge is 2.21. The van der Waals surface area contributed by atoms with Gasteiger partial charge in [0.2, 0.25) is 5.76 Å². The number of furan rings is 1. The molecule has 2 aromatic heterocycles. The van der Waals surface area contributed by atoms with Crippen LogP contribution >= 0.6 is 0 Å². The molecule has 0 bridgehead atoms. The molecule has 0 atom stereocenters. The summed E-state index contributed by atoms with van der Waals surface area (Å²) < 4.78 is 15.7. The van der Waals surface area contributed by atoms with Gasteiger partial charge in [0.15, 0.2) is 0 Å². The Labute approximate surface area is 164 Å². The van der Waals surface area contributed by atoms with Crippen molar-refractivity contribution in [2.24, 2.45) is 0 Å². The summed E-state index contributed by atoms with van der Waals surface area (Å²) in [5.74, 6) is -0.0866. The largest absolute Gasteiger partial charge is 0.485 e. The number of nitrogen functional groups attached to an aromatic ring is 1. The van der Waals surface area contributed by atoms with Gasteiger partial charge in [0.25, 0.3) is 5.56 Å². The van der Waals surface area contributed by atoms with Crippen LogP contribution in [0.15, 0.2) is 45.6 Å². The van der Waals surface area contributed by atoms with Gasteiger partial charge in [-0.05, 0) is 18.2 Å². The first kappa shape index (κ1) is 19.3. The second-order valence-electron chi connectivity index (χ2n) is 5.76. The lowest BCUT2D eigenvalue weighted by Crippen LogP contribution is -2.16. The van der Waals surface area contributed by atoms with Crippen molar-refractivity contribution in [3.05, 3.63) is 69.4 Å². The number of nitrogens with zero attached hydrogens (tertiary/aromatic N) is 2. The predicted molar refractivity (Wildman–Crippen MR) is 101 cm³/mol. The van der Waals surface area contributed by atoms with E-state index in [0.29, 0.717) is 17.1 Å². The third-order valence-electron chi connectivity index (χ3n) is 4.04. The number of anilines is 1. The van der Waals surface area contributed by atoms with Crippen molar-refractivity contribution in [3.63, 3.8) is 0 Å². The second kappa shape index (κ2) is 8.03. The Balaban J connectivity index is 2.02. The molecule has 29 heavy (non-hydrogen) atoms. The number of carbonyl (C=O) groups is 1. The SMILES string of the molecule is COC(=O)c1ccc(COc2ccccc2-c2c(C#N)c(N)[nH]c(=O)c2C#N)o1. The molecular weight excluding hydrogens is 376 g/mol. The summed E-state index contributed by atoms with van der Waals surface area (Å²) in [7, 11) is 1.24. The lowest BCUT2D eigenvalue weighted by atomic mass is 9.96. The van der Waals surface area contributed by atoms with Crippen LogP contribution in [-0.4, -0.2) is 18.1 Å². The van der Waals surface area contributed by atoms with Crippen LogP contribution in [0.4, 0.5) is 5.82 Å². The first-order valence-corrected chi connectivity index (χ1v) is 8.25. The van der Waals surface area contributed by atoms with Crippen molar-refractivity contribution in [3.8, 4) is 29.0 Å². The molecule has 0 radical (unpaired) electrons. The number of aromatic nitrogens is 1. The minimum absolute atomic E-state index is 0.0280. The number of benzene rings is 1. The summed E-state index contributed by atoms with van der Waals surface area (Å²) in [6.07, 6.45) is 0. The van der Waals surface area contributed by atoms with Gasteiger partial charge in [-0.15, -0.1) is 0 Å². The normalized spacial score (nSPS) is 10.0. The van der Waals surface area contributed by atoms with Gasteiger partial charge >= 0.3 is 5.97 Å². The molecule has 9 heteroatoms. The van der Waals surface area contributed by atoms with Crippen LogP contribution in [0.3, 0.4) is 0 Å². The fourth-order valence-electron chi connectivity index (χ4n) is 2.73. The maximum Gasteiger partial charge on any atom is 0.373 e. The number of nitriles is 2. The van der Waals surface area contributed by atoms with Gasteiger partial charge in [0.05, 0.1) is 7.11 Å². The number of methoxy groups -OCH3 is 1. The molecule has 0 unspecified atom stereocenters. The van der Waals surface area contributed by atoms with Gasteiger partial charge < -0.3 is 24.6 Å². The van der Waals surface area contributed by atoms with Gasteiger partial charge in [0.1, 0.15) is 47.2 Å². The molecule has 3 rings (SSSR count). The predicted octanol–water partition coefficient (Wildman–Crippen LogP) is 2.33. The summed E-state index contributed by atoms with van der Waals surface area (Å²) in [6, 6.07) is 13.3. The van der Waals surface area contributed by atoms with Crippen molar-refractivity contribution >= 4 is 11.8 Å². The number of rotatable bonds is 5. The minimum Gasteiger partial charge on any atom is -0.485 e. The molecule has 0 fully saturated rings. The number of esters is 1. The molecule has 9 nitrogen and oxygen atoms in total. The van der Waals surface area contributed by atoms with E-state index in [4.69, 9.17) is 14.9 Å². The van der Waals surface area contributed by atoms with Crippen molar-refractivity contribution in [1.29, 1.82) is 10.5 Å². The standard InChI is InChI=1S/C20H14N4O5/c1-27-20(26)16-7-6-11(29-16)10-28-15-5-3-2-4-12(15)17-13(8-21)18(23)24-19(25)14(17)9-22/h2-7H,10H2,1H3,(H3,23,24,25). The van der Waals surface area contributed by atoms with E-state index in [-0.39, 0.29) is 34.9 Å². The molecular formula is C20H14N4O5. The summed E-state index contributed by atoms with van der Waals surface area (Å²) in [4.78, 5) is 25.9. The van der Waals surface area contributed by atoms with Crippen LogP contribution < -0.4 is 16.0 Å². The van der Waals surface area contributed by atoms with Gasteiger partial charge in [0, 0.05) is 11.1 Å². The maximum atomic E-state index is 12.2. The number of nitrogens with one attached hydrogen (secondary N) is 1. The zero-order valence-electron chi connectivity index (χ0n) is 15.2.